The number of nitrogens with zero attached hydrogens (tertiary/aromatic N) is 1. The molecule has 0 spiro atoms. The first-order valence-electron chi connectivity index (χ1n) is 8.04. The lowest BCUT2D eigenvalue weighted by Crippen LogP contribution is -2.54. The Labute approximate surface area is 177 Å². The number of hydrogen-bond acceptors (Lipinski definition) is 4. The van der Waals surface area contributed by atoms with Crippen LogP contribution in [-0.2, 0) is 15.8 Å². The van der Waals surface area contributed by atoms with Gasteiger partial charge in [-0.2, -0.15) is 13.2 Å². The van der Waals surface area contributed by atoms with Gasteiger partial charge in [-0.25, -0.2) is 0 Å². The van der Waals surface area contributed by atoms with Gasteiger partial charge < -0.3 is 4.74 Å². The fourth-order valence-electron chi connectivity index (χ4n) is 2.69. The van der Waals surface area contributed by atoms with Crippen LogP contribution < -0.4 is 15.0 Å². The molecule has 1 heterocycles. The van der Waals surface area contributed by atoms with Gasteiger partial charge in [0.25, 0.3) is 11.8 Å². The summed E-state index contributed by atoms with van der Waals surface area (Å²) in [5, 5.41) is 2.03. The summed E-state index contributed by atoms with van der Waals surface area (Å²) in [5.74, 6) is -1.20. The predicted octanol–water partition coefficient (Wildman–Crippen LogP) is 4.31. The Morgan fingerprint density at radius 2 is 1.90 bits per heavy atom. The molecule has 3 rings (SSSR count). The molecule has 0 aromatic heterocycles. The maximum Gasteiger partial charge on any atom is 0.416 e. The van der Waals surface area contributed by atoms with E-state index in [4.69, 9.17) is 17.0 Å². The first kappa shape index (κ1) is 21.0. The lowest BCUT2D eigenvalue weighted by molar-refractivity contribution is -0.137. The molecule has 2 aromatic rings. The van der Waals surface area contributed by atoms with Crippen molar-refractivity contribution in [3.05, 3.63) is 63.6 Å². The Hall–Kier alpha value is -2.72. The van der Waals surface area contributed by atoms with Crippen LogP contribution in [0.3, 0.4) is 0 Å². The normalized spacial score (nSPS) is 16.2. The molecule has 2 aromatic carbocycles. The van der Waals surface area contributed by atoms with E-state index in [1.807, 2.05) is 0 Å². The van der Waals surface area contributed by atoms with Gasteiger partial charge >= 0.3 is 6.18 Å². The van der Waals surface area contributed by atoms with Crippen molar-refractivity contribution in [3.8, 4) is 5.75 Å². The molecule has 0 saturated carbocycles. The molecule has 0 aliphatic carbocycles. The summed E-state index contributed by atoms with van der Waals surface area (Å²) >= 11 is 8.32. The molecule has 0 atom stereocenters. The predicted molar refractivity (Wildman–Crippen MR) is 108 cm³/mol. The van der Waals surface area contributed by atoms with E-state index in [1.54, 1.807) is 18.2 Å². The van der Waals surface area contributed by atoms with Crippen molar-refractivity contribution in [3.63, 3.8) is 0 Å². The molecule has 0 radical (unpaired) electrons. The zero-order chi connectivity index (χ0) is 21.3. The molecule has 1 N–H and O–H groups in total. The first-order valence-corrected chi connectivity index (χ1v) is 9.24. The number of methoxy groups -OCH3 is 1. The Balaban J connectivity index is 2.07. The van der Waals surface area contributed by atoms with Crippen LogP contribution in [0.5, 0.6) is 5.75 Å². The second-order valence-corrected chi connectivity index (χ2v) is 7.19. The summed E-state index contributed by atoms with van der Waals surface area (Å²) in [4.78, 5) is 26.2. The summed E-state index contributed by atoms with van der Waals surface area (Å²) < 4.78 is 45.0. The maximum atomic E-state index is 13.0. The van der Waals surface area contributed by atoms with Crippen molar-refractivity contribution in [2.45, 2.75) is 6.18 Å². The highest BCUT2D eigenvalue weighted by molar-refractivity contribution is 9.10. The molecule has 5 nitrogen and oxygen atoms in total. The Bertz CT molecular complexity index is 1050. The molecule has 0 unspecified atom stereocenters. The number of carbonyl (C=O) groups is 2. The van der Waals surface area contributed by atoms with Gasteiger partial charge in [0.1, 0.15) is 11.3 Å². The van der Waals surface area contributed by atoms with Crippen molar-refractivity contribution < 1.29 is 27.5 Å². The van der Waals surface area contributed by atoms with Crippen LogP contribution in [0.2, 0.25) is 0 Å². The lowest BCUT2D eigenvalue weighted by Gasteiger charge is -2.29. The third-order valence-corrected chi connectivity index (χ3v) is 4.80. The summed E-state index contributed by atoms with van der Waals surface area (Å²) in [6, 6.07) is 9.11. The van der Waals surface area contributed by atoms with Crippen molar-refractivity contribution in [1.29, 1.82) is 0 Å². The van der Waals surface area contributed by atoms with Crippen LogP contribution in [0.15, 0.2) is 52.5 Å². The highest BCUT2D eigenvalue weighted by Crippen LogP contribution is 2.33. The Morgan fingerprint density at radius 3 is 2.55 bits per heavy atom. The minimum absolute atomic E-state index is 0.109. The lowest BCUT2D eigenvalue weighted by atomic mass is 10.1. The maximum absolute atomic E-state index is 13.0. The van der Waals surface area contributed by atoms with Crippen LogP contribution in [-0.4, -0.2) is 24.0 Å². The van der Waals surface area contributed by atoms with E-state index in [1.165, 1.54) is 19.3 Å². The minimum Gasteiger partial charge on any atom is -0.496 e. The molecule has 1 fully saturated rings. The molecular weight excluding hydrogens is 473 g/mol. The minimum atomic E-state index is -4.60. The second-order valence-electron chi connectivity index (χ2n) is 5.89. The number of nitrogens with one attached hydrogen (secondary N) is 1. The van der Waals surface area contributed by atoms with E-state index in [-0.39, 0.29) is 16.4 Å². The number of halogens is 4. The van der Waals surface area contributed by atoms with Crippen molar-refractivity contribution >= 4 is 56.8 Å². The van der Waals surface area contributed by atoms with E-state index in [0.717, 1.165) is 23.1 Å². The van der Waals surface area contributed by atoms with E-state index in [0.29, 0.717) is 15.8 Å². The largest absolute Gasteiger partial charge is 0.496 e. The molecule has 10 heteroatoms. The monoisotopic (exact) mass is 484 g/mol. The van der Waals surface area contributed by atoms with Gasteiger partial charge in [-0.05, 0) is 54.7 Å². The average Bonchev–Trinajstić information content (AvgIpc) is 2.65. The number of ether oxygens (including phenoxy) is 1. The zero-order valence-corrected chi connectivity index (χ0v) is 17.1. The number of thiocarbonyl (C=S) groups is 1. The van der Waals surface area contributed by atoms with Gasteiger partial charge in [-0.3, -0.25) is 19.8 Å². The van der Waals surface area contributed by atoms with Gasteiger partial charge in [-0.15, -0.1) is 0 Å². The Morgan fingerprint density at radius 1 is 1.17 bits per heavy atom. The van der Waals surface area contributed by atoms with Gasteiger partial charge in [0.05, 0.1) is 18.4 Å². The number of alkyl halides is 3. The number of benzene rings is 2. The smallest absolute Gasteiger partial charge is 0.416 e. The number of anilines is 1. The topological polar surface area (TPSA) is 58.6 Å². The number of rotatable bonds is 3. The number of carbonyl (C=O) groups excluding carboxylic acids is 2. The zero-order valence-electron chi connectivity index (χ0n) is 14.7. The third kappa shape index (κ3) is 4.33. The fraction of sp³-hybridized carbons (Fsp3) is 0.105. The molecule has 0 bridgehead atoms. The van der Waals surface area contributed by atoms with Crippen molar-refractivity contribution in [2.24, 2.45) is 0 Å². The summed E-state index contributed by atoms with van der Waals surface area (Å²) in [6.45, 7) is 0. The SMILES string of the molecule is COc1ccc(Br)cc1/C=C1\C(=O)NC(=S)N(c2cccc(C(F)(F)F)c2)C1=O. The van der Waals surface area contributed by atoms with E-state index in [2.05, 4.69) is 21.2 Å². The molecule has 2 amide bonds. The van der Waals surface area contributed by atoms with Gasteiger partial charge in [0.15, 0.2) is 5.11 Å². The van der Waals surface area contributed by atoms with Gasteiger partial charge in [0, 0.05) is 10.0 Å². The van der Waals surface area contributed by atoms with E-state index < -0.39 is 23.6 Å². The van der Waals surface area contributed by atoms with Crippen LogP contribution in [0.1, 0.15) is 11.1 Å². The quantitative estimate of drug-likeness (QED) is 0.400. The average molecular weight is 485 g/mol. The Kier molecular flexibility index (Phi) is 5.76. The van der Waals surface area contributed by atoms with Crippen LogP contribution >= 0.6 is 28.1 Å². The molecular formula is C19H12BrF3N2O3S. The summed E-state index contributed by atoms with van der Waals surface area (Å²) in [7, 11) is 1.43. The third-order valence-electron chi connectivity index (χ3n) is 4.02. The van der Waals surface area contributed by atoms with Gasteiger partial charge in [0.2, 0.25) is 0 Å². The molecule has 1 aliphatic heterocycles. The van der Waals surface area contributed by atoms with Crippen molar-refractivity contribution in [2.75, 3.05) is 12.0 Å². The van der Waals surface area contributed by atoms with Crippen LogP contribution in [0.25, 0.3) is 6.08 Å². The number of amides is 2. The van der Waals surface area contributed by atoms with Crippen LogP contribution in [0, 0.1) is 0 Å². The highest BCUT2D eigenvalue weighted by Gasteiger charge is 2.36. The van der Waals surface area contributed by atoms with E-state index >= 15 is 0 Å². The van der Waals surface area contributed by atoms with Crippen molar-refractivity contribution in [1.82, 2.24) is 5.32 Å². The molecule has 1 aliphatic rings. The molecule has 29 heavy (non-hydrogen) atoms. The first-order chi connectivity index (χ1) is 13.6. The summed E-state index contributed by atoms with van der Waals surface area (Å²) in [5.41, 5.74) is -0.923. The summed E-state index contributed by atoms with van der Waals surface area (Å²) in [6.07, 6.45) is -3.30. The van der Waals surface area contributed by atoms with Crippen LogP contribution in [0.4, 0.5) is 18.9 Å². The molecule has 1 saturated heterocycles. The highest BCUT2D eigenvalue weighted by atomic mass is 79.9. The van der Waals surface area contributed by atoms with E-state index in [9.17, 15) is 22.8 Å². The standard InChI is InChI=1S/C19H12BrF3N2O3S/c1-28-15-6-5-12(20)7-10(15)8-14-16(26)24-18(29)25(17(14)27)13-4-2-3-11(9-13)19(21,22)23/h2-9H,1H3,(H,24,26,29)/b14-8+. The number of hydrogen-bond donors (Lipinski definition) is 1. The fourth-order valence-corrected chi connectivity index (χ4v) is 3.35. The van der Waals surface area contributed by atoms with Gasteiger partial charge in [-0.1, -0.05) is 22.0 Å². The second kappa shape index (κ2) is 7.96. The molecule has 150 valence electrons.